The summed E-state index contributed by atoms with van der Waals surface area (Å²) in [5.41, 5.74) is 0.294. The van der Waals surface area contributed by atoms with Gasteiger partial charge in [-0.15, -0.1) is 0 Å². The minimum absolute atomic E-state index is 0.0963. The monoisotopic (exact) mass is 256 g/mol. The summed E-state index contributed by atoms with van der Waals surface area (Å²) in [5, 5.41) is 20.4. The van der Waals surface area contributed by atoms with Gasteiger partial charge in [0.1, 0.15) is 5.82 Å². The summed E-state index contributed by atoms with van der Waals surface area (Å²) in [5.74, 6) is -0.946. The van der Waals surface area contributed by atoms with Crippen molar-refractivity contribution < 1.29 is 19.4 Å². The Labute approximate surface area is 105 Å². The van der Waals surface area contributed by atoms with Crippen LogP contribution in [0.4, 0.5) is 10.1 Å². The van der Waals surface area contributed by atoms with Crippen molar-refractivity contribution in [2.45, 2.75) is 0 Å². The van der Waals surface area contributed by atoms with Crippen LogP contribution in [0.2, 0.25) is 0 Å². The van der Waals surface area contributed by atoms with E-state index in [0.29, 0.717) is 0 Å². The number of rotatable bonds is 6. The second-order valence-electron chi connectivity index (χ2n) is 3.65. The van der Waals surface area contributed by atoms with E-state index >= 15 is 0 Å². The lowest BCUT2D eigenvalue weighted by Crippen LogP contribution is -2.36. The summed E-state index contributed by atoms with van der Waals surface area (Å²) < 4.78 is 13.5. The number of halogens is 1. The number of carbonyl (C=O) groups is 1. The van der Waals surface area contributed by atoms with Gasteiger partial charge in [0.2, 0.25) is 0 Å². The van der Waals surface area contributed by atoms with Crippen molar-refractivity contribution in [2.24, 2.45) is 0 Å². The van der Waals surface area contributed by atoms with Gasteiger partial charge in [-0.3, -0.25) is 4.79 Å². The maximum atomic E-state index is 13.5. The van der Waals surface area contributed by atoms with Crippen LogP contribution >= 0.6 is 0 Å². The molecule has 0 unspecified atom stereocenters. The Bertz CT molecular complexity index is 406. The van der Waals surface area contributed by atoms with Gasteiger partial charge >= 0.3 is 0 Å². The van der Waals surface area contributed by atoms with Crippen LogP contribution in [0.15, 0.2) is 18.2 Å². The molecule has 0 aliphatic rings. The number of hydrogen-bond acceptors (Lipinski definition) is 4. The van der Waals surface area contributed by atoms with E-state index in [0.717, 1.165) is 0 Å². The Morgan fingerprint density at radius 3 is 2.44 bits per heavy atom. The second kappa shape index (κ2) is 6.93. The van der Waals surface area contributed by atoms with Crippen molar-refractivity contribution >= 4 is 11.6 Å². The topological polar surface area (TPSA) is 72.8 Å². The molecule has 0 spiro atoms. The Balaban J connectivity index is 3.04. The zero-order chi connectivity index (χ0) is 13.5. The van der Waals surface area contributed by atoms with E-state index < -0.39 is 11.7 Å². The lowest BCUT2D eigenvalue weighted by atomic mass is 10.1. The number of nitrogens with zero attached hydrogens (tertiary/aromatic N) is 1. The first-order chi connectivity index (χ1) is 8.65. The molecule has 5 nitrogen and oxygen atoms in total. The standard InChI is InChI=1S/C12H17FN2O3/c1-14-11-9(3-2-4-10(11)13)12(18)15(5-7-16)6-8-17/h2-4,14,16-17H,5-8H2,1H3. The molecule has 0 saturated carbocycles. The molecule has 0 fully saturated rings. The quantitative estimate of drug-likeness (QED) is 0.684. The maximum absolute atomic E-state index is 13.5. The number of aliphatic hydroxyl groups is 2. The smallest absolute Gasteiger partial charge is 0.256 e. The van der Waals surface area contributed by atoms with Crippen molar-refractivity contribution in [1.82, 2.24) is 4.90 Å². The first-order valence-electron chi connectivity index (χ1n) is 5.63. The van der Waals surface area contributed by atoms with Crippen LogP contribution < -0.4 is 5.32 Å². The summed E-state index contributed by atoms with van der Waals surface area (Å²) >= 11 is 0. The third-order valence-electron chi connectivity index (χ3n) is 2.52. The van der Waals surface area contributed by atoms with E-state index in [9.17, 15) is 9.18 Å². The molecule has 0 aromatic heterocycles. The van der Waals surface area contributed by atoms with Crippen molar-refractivity contribution in [1.29, 1.82) is 0 Å². The highest BCUT2D eigenvalue weighted by Gasteiger charge is 2.19. The number of benzene rings is 1. The first-order valence-corrected chi connectivity index (χ1v) is 5.63. The van der Waals surface area contributed by atoms with Crippen molar-refractivity contribution in [3.63, 3.8) is 0 Å². The molecule has 0 aliphatic carbocycles. The average Bonchev–Trinajstić information content (AvgIpc) is 2.37. The molecule has 0 bridgehead atoms. The molecule has 0 atom stereocenters. The number of nitrogens with one attached hydrogen (secondary N) is 1. The molecule has 0 heterocycles. The maximum Gasteiger partial charge on any atom is 0.256 e. The highest BCUT2D eigenvalue weighted by Crippen LogP contribution is 2.20. The van der Waals surface area contributed by atoms with E-state index in [1.807, 2.05) is 0 Å². The molecule has 1 aromatic rings. The number of amides is 1. The van der Waals surface area contributed by atoms with Gasteiger partial charge < -0.3 is 20.4 Å². The van der Waals surface area contributed by atoms with Gasteiger partial charge in [0.15, 0.2) is 0 Å². The zero-order valence-electron chi connectivity index (χ0n) is 10.2. The summed E-state index contributed by atoms with van der Waals surface area (Å²) in [6.07, 6.45) is 0. The van der Waals surface area contributed by atoms with Crippen LogP contribution in [0.25, 0.3) is 0 Å². The second-order valence-corrected chi connectivity index (χ2v) is 3.65. The fourth-order valence-electron chi connectivity index (χ4n) is 1.68. The van der Waals surface area contributed by atoms with E-state index in [2.05, 4.69) is 5.32 Å². The SMILES string of the molecule is CNc1c(F)cccc1C(=O)N(CCO)CCO. The van der Waals surface area contributed by atoms with Gasteiger partial charge in [-0.05, 0) is 12.1 Å². The predicted molar refractivity (Wildman–Crippen MR) is 66.0 cm³/mol. The Morgan fingerprint density at radius 1 is 1.33 bits per heavy atom. The molecule has 6 heteroatoms. The number of para-hydroxylation sites is 1. The average molecular weight is 256 g/mol. The van der Waals surface area contributed by atoms with Crippen molar-refractivity contribution in [3.8, 4) is 0 Å². The van der Waals surface area contributed by atoms with Crippen LogP contribution in [0.5, 0.6) is 0 Å². The predicted octanol–water partition coefficient (Wildman–Crippen LogP) is 0.294. The number of aliphatic hydroxyl groups excluding tert-OH is 2. The number of hydrogen-bond donors (Lipinski definition) is 3. The van der Waals surface area contributed by atoms with Gasteiger partial charge in [-0.2, -0.15) is 0 Å². The highest BCUT2D eigenvalue weighted by atomic mass is 19.1. The number of carbonyl (C=O) groups excluding carboxylic acids is 1. The molecule has 1 aromatic carbocycles. The van der Waals surface area contributed by atoms with Crippen LogP contribution in [-0.4, -0.2) is 54.4 Å². The van der Waals surface area contributed by atoms with Gasteiger partial charge in [0.25, 0.3) is 5.91 Å². The Morgan fingerprint density at radius 2 is 1.94 bits per heavy atom. The van der Waals surface area contributed by atoms with Gasteiger partial charge in [-0.25, -0.2) is 4.39 Å². The van der Waals surface area contributed by atoms with E-state index in [4.69, 9.17) is 10.2 Å². The van der Waals surface area contributed by atoms with Gasteiger partial charge in [-0.1, -0.05) is 6.07 Å². The minimum Gasteiger partial charge on any atom is -0.395 e. The normalized spacial score (nSPS) is 10.2. The Kier molecular flexibility index (Phi) is 5.54. The Hall–Kier alpha value is -1.66. The van der Waals surface area contributed by atoms with E-state index in [1.165, 1.54) is 30.1 Å². The number of anilines is 1. The third kappa shape index (κ3) is 3.18. The zero-order valence-corrected chi connectivity index (χ0v) is 10.2. The fraction of sp³-hybridized carbons (Fsp3) is 0.417. The first kappa shape index (κ1) is 14.4. The van der Waals surface area contributed by atoms with Crippen LogP contribution in [-0.2, 0) is 0 Å². The molecule has 1 amide bonds. The van der Waals surface area contributed by atoms with Crippen molar-refractivity contribution in [3.05, 3.63) is 29.6 Å². The van der Waals surface area contributed by atoms with Gasteiger partial charge in [0, 0.05) is 20.1 Å². The summed E-state index contributed by atoms with van der Waals surface area (Å²) in [7, 11) is 1.53. The summed E-state index contributed by atoms with van der Waals surface area (Å²) in [6.45, 7) is -0.232. The molecule has 18 heavy (non-hydrogen) atoms. The molecule has 1 rings (SSSR count). The van der Waals surface area contributed by atoms with E-state index in [-0.39, 0.29) is 37.6 Å². The van der Waals surface area contributed by atoms with Gasteiger partial charge in [0.05, 0.1) is 24.5 Å². The molecule has 0 aliphatic heterocycles. The fourth-order valence-corrected chi connectivity index (χ4v) is 1.68. The van der Waals surface area contributed by atoms with Crippen molar-refractivity contribution in [2.75, 3.05) is 38.7 Å². The third-order valence-corrected chi connectivity index (χ3v) is 2.52. The molecule has 3 N–H and O–H groups in total. The molecular formula is C12H17FN2O3. The summed E-state index contributed by atoms with van der Waals surface area (Å²) in [4.78, 5) is 13.4. The summed E-state index contributed by atoms with van der Waals surface area (Å²) in [6, 6.07) is 4.20. The molecule has 0 radical (unpaired) electrons. The molecule has 0 saturated heterocycles. The molecule has 100 valence electrons. The van der Waals surface area contributed by atoms with Crippen LogP contribution in [0.1, 0.15) is 10.4 Å². The largest absolute Gasteiger partial charge is 0.395 e. The lowest BCUT2D eigenvalue weighted by molar-refractivity contribution is 0.0685. The minimum atomic E-state index is -0.517. The van der Waals surface area contributed by atoms with Crippen LogP contribution in [0.3, 0.4) is 0 Å². The van der Waals surface area contributed by atoms with Crippen LogP contribution in [0, 0.1) is 5.82 Å². The lowest BCUT2D eigenvalue weighted by Gasteiger charge is -2.22. The molecular weight excluding hydrogens is 239 g/mol. The van der Waals surface area contributed by atoms with E-state index in [1.54, 1.807) is 0 Å². The highest BCUT2D eigenvalue weighted by molar-refractivity contribution is 5.99.